The topological polar surface area (TPSA) is 117 Å². The van der Waals surface area contributed by atoms with E-state index in [4.69, 9.17) is 9.47 Å². The molecule has 3 N–H and O–H groups in total. The Balaban J connectivity index is 2.20. The van der Waals surface area contributed by atoms with Crippen molar-refractivity contribution < 1.29 is 34.4 Å². The highest BCUT2D eigenvalue weighted by molar-refractivity contribution is 6.46. The first-order valence-corrected chi connectivity index (χ1v) is 8.83. The van der Waals surface area contributed by atoms with Gasteiger partial charge in [-0.1, -0.05) is 12.1 Å². The molecular weight excluding hydrogens is 378 g/mol. The molecule has 2 aromatic rings. The average Bonchev–Trinajstić information content (AvgIpc) is 2.98. The van der Waals surface area contributed by atoms with Crippen LogP contribution in [0.25, 0.3) is 5.76 Å². The summed E-state index contributed by atoms with van der Waals surface area (Å²) in [6.07, 6.45) is 0. The molecule has 1 saturated heterocycles. The van der Waals surface area contributed by atoms with E-state index in [9.17, 15) is 24.9 Å². The molecule has 1 amide bonds. The molecule has 8 nitrogen and oxygen atoms in total. The standard InChI is InChI=1S/C21H21NO7/c1-28-15-7-6-13(11-16(15)29-2)19(25)17-18(12-4-3-5-14(24)10-12)22(8-9-23)21(27)20(17)26/h3-7,10-11,18,23-25H,8-9H2,1-2H3. The summed E-state index contributed by atoms with van der Waals surface area (Å²) in [5.74, 6) is -1.38. The molecule has 1 fully saturated rings. The quantitative estimate of drug-likeness (QED) is 0.385. The second kappa shape index (κ2) is 8.24. The molecule has 2 aromatic carbocycles. The van der Waals surface area contributed by atoms with Crippen LogP contribution >= 0.6 is 0 Å². The summed E-state index contributed by atoms with van der Waals surface area (Å²) in [7, 11) is 2.91. The highest BCUT2D eigenvalue weighted by Gasteiger charge is 2.45. The molecule has 1 atom stereocenters. The molecule has 0 spiro atoms. The van der Waals surface area contributed by atoms with Crippen LogP contribution in [0, 0.1) is 0 Å². The zero-order chi connectivity index (χ0) is 21.1. The summed E-state index contributed by atoms with van der Waals surface area (Å²) >= 11 is 0. The van der Waals surface area contributed by atoms with Gasteiger partial charge in [0.1, 0.15) is 11.5 Å². The van der Waals surface area contributed by atoms with Crippen LogP contribution in [0.1, 0.15) is 17.2 Å². The molecule has 0 radical (unpaired) electrons. The number of phenols is 1. The lowest BCUT2D eigenvalue weighted by Gasteiger charge is -2.24. The Kier molecular flexibility index (Phi) is 5.74. The third kappa shape index (κ3) is 3.62. The van der Waals surface area contributed by atoms with Crippen molar-refractivity contribution in [2.75, 3.05) is 27.4 Å². The zero-order valence-corrected chi connectivity index (χ0v) is 16.0. The molecule has 152 valence electrons. The van der Waals surface area contributed by atoms with E-state index in [1.807, 2.05) is 0 Å². The number of hydrogen-bond acceptors (Lipinski definition) is 7. The van der Waals surface area contributed by atoms with Crippen LogP contribution in [0.2, 0.25) is 0 Å². The highest BCUT2D eigenvalue weighted by Crippen LogP contribution is 2.41. The van der Waals surface area contributed by atoms with Crippen LogP contribution < -0.4 is 9.47 Å². The number of phenolic OH excluding ortho intramolecular Hbond substituents is 1. The van der Waals surface area contributed by atoms with Gasteiger partial charge in [-0.15, -0.1) is 0 Å². The van der Waals surface area contributed by atoms with Gasteiger partial charge in [0.05, 0.1) is 32.4 Å². The number of aromatic hydroxyl groups is 1. The minimum Gasteiger partial charge on any atom is -0.508 e. The van der Waals surface area contributed by atoms with E-state index in [0.29, 0.717) is 17.1 Å². The van der Waals surface area contributed by atoms with Crippen molar-refractivity contribution in [2.45, 2.75) is 6.04 Å². The van der Waals surface area contributed by atoms with Gasteiger partial charge >= 0.3 is 0 Å². The molecule has 0 saturated carbocycles. The van der Waals surface area contributed by atoms with E-state index < -0.39 is 23.5 Å². The van der Waals surface area contributed by atoms with E-state index in [1.165, 1.54) is 43.4 Å². The number of carbonyl (C=O) groups is 2. The number of ketones is 1. The first-order valence-electron chi connectivity index (χ1n) is 8.83. The molecule has 8 heteroatoms. The first-order chi connectivity index (χ1) is 13.9. The Hall–Kier alpha value is -3.52. The fourth-order valence-electron chi connectivity index (χ4n) is 3.40. The van der Waals surface area contributed by atoms with Crippen LogP contribution in [0.5, 0.6) is 17.2 Å². The molecule has 29 heavy (non-hydrogen) atoms. The van der Waals surface area contributed by atoms with Gasteiger partial charge in [0.25, 0.3) is 11.7 Å². The van der Waals surface area contributed by atoms with Gasteiger partial charge in [0, 0.05) is 12.1 Å². The van der Waals surface area contributed by atoms with E-state index in [0.717, 1.165) is 0 Å². The summed E-state index contributed by atoms with van der Waals surface area (Å²) in [5.41, 5.74) is 0.552. The van der Waals surface area contributed by atoms with Crippen molar-refractivity contribution in [3.63, 3.8) is 0 Å². The van der Waals surface area contributed by atoms with Gasteiger partial charge in [-0.2, -0.15) is 0 Å². The van der Waals surface area contributed by atoms with Crippen LogP contribution in [0.15, 0.2) is 48.0 Å². The Bertz CT molecular complexity index is 983. The summed E-state index contributed by atoms with van der Waals surface area (Å²) in [4.78, 5) is 26.5. The minimum absolute atomic E-state index is 0.0526. The van der Waals surface area contributed by atoms with Crippen molar-refractivity contribution in [3.05, 3.63) is 59.2 Å². The van der Waals surface area contributed by atoms with Crippen molar-refractivity contribution in [1.82, 2.24) is 4.90 Å². The number of ether oxygens (including phenoxy) is 2. The van der Waals surface area contributed by atoms with Gasteiger partial charge in [-0.3, -0.25) is 9.59 Å². The van der Waals surface area contributed by atoms with Crippen LogP contribution in [-0.2, 0) is 9.59 Å². The zero-order valence-electron chi connectivity index (χ0n) is 16.0. The molecule has 1 heterocycles. The Morgan fingerprint density at radius 3 is 2.41 bits per heavy atom. The van der Waals surface area contributed by atoms with E-state index in [1.54, 1.807) is 18.2 Å². The number of carbonyl (C=O) groups excluding carboxylic acids is 2. The van der Waals surface area contributed by atoms with Gasteiger partial charge < -0.3 is 29.7 Å². The lowest BCUT2D eigenvalue weighted by Crippen LogP contribution is -2.32. The molecule has 0 bridgehead atoms. The van der Waals surface area contributed by atoms with Gasteiger partial charge in [0.15, 0.2) is 11.5 Å². The molecule has 0 aliphatic carbocycles. The van der Waals surface area contributed by atoms with Crippen molar-refractivity contribution in [2.24, 2.45) is 0 Å². The maximum Gasteiger partial charge on any atom is 0.295 e. The average molecular weight is 399 g/mol. The second-order valence-corrected chi connectivity index (χ2v) is 6.38. The Labute approximate surface area is 167 Å². The lowest BCUT2D eigenvalue weighted by atomic mass is 9.95. The molecule has 1 unspecified atom stereocenters. The number of hydrogen-bond donors (Lipinski definition) is 3. The molecular formula is C21H21NO7. The largest absolute Gasteiger partial charge is 0.508 e. The highest BCUT2D eigenvalue weighted by atomic mass is 16.5. The summed E-state index contributed by atoms with van der Waals surface area (Å²) in [5, 5.41) is 30.1. The predicted molar refractivity (Wildman–Crippen MR) is 104 cm³/mol. The maximum atomic E-state index is 12.7. The number of benzene rings is 2. The molecule has 3 rings (SSSR count). The Morgan fingerprint density at radius 1 is 1.07 bits per heavy atom. The number of likely N-dealkylation sites (tertiary alicyclic amines) is 1. The molecule has 0 aromatic heterocycles. The third-order valence-electron chi connectivity index (χ3n) is 4.72. The summed E-state index contributed by atoms with van der Waals surface area (Å²) in [6, 6.07) is 9.70. The number of methoxy groups -OCH3 is 2. The smallest absolute Gasteiger partial charge is 0.295 e. The number of aliphatic hydroxyl groups excluding tert-OH is 2. The number of amides is 1. The SMILES string of the molecule is COc1ccc(C(O)=C2C(=O)C(=O)N(CCO)C2c2cccc(O)c2)cc1OC. The predicted octanol–water partition coefficient (Wildman–Crippen LogP) is 1.82. The number of Topliss-reactive ketones (excluding diaryl/α,β-unsaturated/α-hetero) is 1. The lowest BCUT2D eigenvalue weighted by molar-refractivity contribution is -0.140. The van der Waals surface area contributed by atoms with Crippen molar-refractivity contribution in [1.29, 1.82) is 0 Å². The van der Waals surface area contributed by atoms with Crippen LogP contribution in [0.4, 0.5) is 0 Å². The first kappa shape index (κ1) is 20.2. The fraction of sp³-hybridized carbons (Fsp3) is 0.238. The molecule has 1 aliphatic rings. The van der Waals surface area contributed by atoms with E-state index in [-0.39, 0.29) is 30.0 Å². The number of rotatable bonds is 6. The monoisotopic (exact) mass is 399 g/mol. The second-order valence-electron chi connectivity index (χ2n) is 6.38. The third-order valence-corrected chi connectivity index (χ3v) is 4.72. The van der Waals surface area contributed by atoms with Crippen LogP contribution in [-0.4, -0.2) is 59.3 Å². The maximum absolute atomic E-state index is 12.7. The van der Waals surface area contributed by atoms with Crippen molar-refractivity contribution >= 4 is 17.4 Å². The van der Waals surface area contributed by atoms with Gasteiger partial charge in [-0.25, -0.2) is 0 Å². The summed E-state index contributed by atoms with van der Waals surface area (Å²) < 4.78 is 10.4. The van der Waals surface area contributed by atoms with E-state index >= 15 is 0 Å². The van der Waals surface area contributed by atoms with E-state index in [2.05, 4.69) is 0 Å². The van der Waals surface area contributed by atoms with Crippen molar-refractivity contribution in [3.8, 4) is 17.2 Å². The summed E-state index contributed by atoms with van der Waals surface area (Å²) in [6.45, 7) is -0.466. The normalized spacial score (nSPS) is 18.2. The number of aliphatic hydroxyl groups is 2. The number of nitrogens with zero attached hydrogens (tertiary/aromatic N) is 1. The number of β-amino-alcohol motifs (C(OH)–C–C–N with tert-alkyl or cyclic N) is 1. The fourth-order valence-corrected chi connectivity index (χ4v) is 3.40. The van der Waals surface area contributed by atoms with Crippen LogP contribution in [0.3, 0.4) is 0 Å². The molecule has 1 aliphatic heterocycles. The van der Waals surface area contributed by atoms with Gasteiger partial charge in [0.2, 0.25) is 0 Å². The van der Waals surface area contributed by atoms with Gasteiger partial charge in [-0.05, 0) is 35.9 Å². The Morgan fingerprint density at radius 2 is 1.79 bits per heavy atom. The minimum atomic E-state index is -0.956.